The molecule has 0 aromatic heterocycles. The van der Waals surface area contributed by atoms with Crippen LogP contribution in [0.4, 0.5) is 17.1 Å². The molecule has 8 aromatic carbocycles. The van der Waals surface area contributed by atoms with E-state index in [0.29, 0.717) is 5.92 Å². The first-order chi connectivity index (χ1) is 28.0. The number of nitrogens with zero attached hydrogens (tertiary/aromatic N) is 1. The summed E-state index contributed by atoms with van der Waals surface area (Å²) in [5, 5.41) is 2.74. The highest BCUT2D eigenvalue weighted by Crippen LogP contribution is 2.55. The number of fused-ring (bicyclic) bond motifs is 4. The quantitative estimate of drug-likeness (QED) is 0.158. The van der Waals surface area contributed by atoms with E-state index < -0.39 is 0 Å². The second-order valence-corrected chi connectivity index (χ2v) is 16.8. The molecule has 0 atom stereocenters. The summed E-state index contributed by atoms with van der Waals surface area (Å²) < 4.78 is 0. The minimum Gasteiger partial charge on any atom is -0.309 e. The predicted octanol–water partition coefficient (Wildman–Crippen LogP) is 16.0. The summed E-state index contributed by atoms with van der Waals surface area (Å²) in [6.45, 7) is 7.03. The molecule has 10 rings (SSSR count). The van der Waals surface area contributed by atoms with Crippen LogP contribution in [0.15, 0.2) is 176 Å². The van der Waals surface area contributed by atoms with E-state index in [4.69, 9.17) is 0 Å². The second kappa shape index (κ2) is 14.4. The topological polar surface area (TPSA) is 3.24 Å². The van der Waals surface area contributed by atoms with Crippen LogP contribution in [0.3, 0.4) is 0 Å². The van der Waals surface area contributed by atoms with E-state index in [1.54, 1.807) is 0 Å². The van der Waals surface area contributed by atoms with Gasteiger partial charge in [-0.2, -0.15) is 0 Å². The summed E-state index contributed by atoms with van der Waals surface area (Å²) in [6.07, 6.45) is 6.53. The molecule has 0 radical (unpaired) electrons. The number of rotatable bonds is 7. The van der Waals surface area contributed by atoms with Crippen molar-refractivity contribution in [1.82, 2.24) is 0 Å². The lowest BCUT2D eigenvalue weighted by Gasteiger charge is -2.31. The van der Waals surface area contributed by atoms with Crippen molar-refractivity contribution in [2.45, 2.75) is 64.2 Å². The first-order valence-corrected chi connectivity index (χ1v) is 20.9. The molecule has 2 aliphatic carbocycles. The second-order valence-electron chi connectivity index (χ2n) is 16.8. The van der Waals surface area contributed by atoms with Crippen molar-refractivity contribution in [2.24, 2.45) is 0 Å². The molecule has 0 heterocycles. The highest BCUT2D eigenvalue weighted by molar-refractivity contribution is 6.05. The van der Waals surface area contributed by atoms with Crippen LogP contribution in [0.5, 0.6) is 0 Å². The molecule has 2 aliphatic rings. The van der Waals surface area contributed by atoms with Crippen molar-refractivity contribution in [2.75, 3.05) is 4.90 Å². The number of hydrogen-bond donors (Lipinski definition) is 0. The molecular weight excluding hydrogens is 687 g/mol. The van der Waals surface area contributed by atoms with Crippen molar-refractivity contribution < 1.29 is 0 Å². The van der Waals surface area contributed by atoms with E-state index in [1.165, 1.54) is 121 Å². The molecule has 0 amide bonds. The van der Waals surface area contributed by atoms with Gasteiger partial charge in [-0.15, -0.1) is 0 Å². The third-order valence-electron chi connectivity index (χ3n) is 13.0. The number of hydrogen-bond acceptors (Lipinski definition) is 1. The van der Waals surface area contributed by atoms with Gasteiger partial charge >= 0.3 is 0 Å². The molecule has 0 aliphatic heterocycles. The van der Waals surface area contributed by atoms with Crippen molar-refractivity contribution in [3.63, 3.8) is 0 Å². The van der Waals surface area contributed by atoms with Crippen molar-refractivity contribution in [3.8, 4) is 44.5 Å². The largest absolute Gasteiger partial charge is 0.309 e. The van der Waals surface area contributed by atoms with Gasteiger partial charge in [0.2, 0.25) is 0 Å². The summed E-state index contributed by atoms with van der Waals surface area (Å²) in [5.41, 5.74) is 19.2. The van der Waals surface area contributed by atoms with Gasteiger partial charge in [-0.05, 0) is 116 Å². The number of aryl methyl sites for hydroxylation is 1. The van der Waals surface area contributed by atoms with Crippen LogP contribution in [0.25, 0.3) is 55.3 Å². The van der Waals surface area contributed by atoms with Crippen LogP contribution >= 0.6 is 0 Å². The Labute approximate surface area is 338 Å². The summed E-state index contributed by atoms with van der Waals surface area (Å²) >= 11 is 0. The lowest BCUT2D eigenvalue weighted by molar-refractivity contribution is 0.445. The van der Waals surface area contributed by atoms with Gasteiger partial charge in [0.25, 0.3) is 0 Å². The van der Waals surface area contributed by atoms with Crippen molar-refractivity contribution >= 4 is 27.8 Å². The molecule has 1 heteroatoms. The van der Waals surface area contributed by atoms with Gasteiger partial charge in [-0.3, -0.25) is 0 Å². The molecule has 57 heavy (non-hydrogen) atoms. The fourth-order valence-electron chi connectivity index (χ4n) is 10.2. The van der Waals surface area contributed by atoms with Crippen molar-refractivity contribution in [3.05, 3.63) is 198 Å². The highest BCUT2D eigenvalue weighted by atomic mass is 15.1. The van der Waals surface area contributed by atoms with Crippen LogP contribution in [0.1, 0.15) is 74.1 Å². The van der Waals surface area contributed by atoms with E-state index >= 15 is 0 Å². The predicted molar refractivity (Wildman–Crippen MR) is 243 cm³/mol. The molecule has 0 saturated heterocycles. The molecular formula is C56H49N. The molecule has 0 bridgehead atoms. The van der Waals surface area contributed by atoms with E-state index in [-0.39, 0.29) is 5.41 Å². The van der Waals surface area contributed by atoms with Crippen LogP contribution in [0, 0.1) is 6.92 Å². The SMILES string of the molecule is Cc1cc(N(c2ccccc2-c2cccc3cccc(C4CCCCC4)c23)c2cccc3c2-c2ccccc2C3(C)C)ccc1-c1ccc(-c2ccccc2)cc1. The van der Waals surface area contributed by atoms with Gasteiger partial charge in [-0.1, -0.05) is 185 Å². The van der Waals surface area contributed by atoms with Crippen LogP contribution in [-0.2, 0) is 5.41 Å². The van der Waals surface area contributed by atoms with Crippen LogP contribution in [0.2, 0.25) is 0 Å². The number of anilines is 3. The van der Waals surface area contributed by atoms with Crippen LogP contribution in [-0.4, -0.2) is 0 Å². The Hall–Kier alpha value is -6.18. The zero-order chi connectivity index (χ0) is 38.5. The molecule has 1 saturated carbocycles. The fourth-order valence-corrected chi connectivity index (χ4v) is 10.2. The fraction of sp³-hybridized carbons (Fsp3) is 0.179. The molecule has 1 fully saturated rings. The van der Waals surface area contributed by atoms with Gasteiger partial charge in [-0.25, -0.2) is 0 Å². The van der Waals surface area contributed by atoms with E-state index in [1.807, 2.05) is 0 Å². The van der Waals surface area contributed by atoms with E-state index in [2.05, 4.69) is 202 Å². The normalized spacial score (nSPS) is 14.6. The Morgan fingerprint density at radius 2 is 1.09 bits per heavy atom. The minimum absolute atomic E-state index is 0.108. The lowest BCUT2D eigenvalue weighted by atomic mass is 9.80. The molecule has 1 nitrogen and oxygen atoms in total. The van der Waals surface area contributed by atoms with Gasteiger partial charge in [0.15, 0.2) is 0 Å². The van der Waals surface area contributed by atoms with Gasteiger partial charge < -0.3 is 4.90 Å². The Morgan fingerprint density at radius 3 is 1.88 bits per heavy atom. The van der Waals surface area contributed by atoms with Gasteiger partial charge in [0.05, 0.1) is 11.4 Å². The monoisotopic (exact) mass is 735 g/mol. The maximum Gasteiger partial charge on any atom is 0.0543 e. The Morgan fingerprint density at radius 1 is 0.474 bits per heavy atom. The van der Waals surface area contributed by atoms with Crippen LogP contribution < -0.4 is 4.90 Å². The Balaban J connectivity index is 1.18. The zero-order valence-corrected chi connectivity index (χ0v) is 33.3. The summed E-state index contributed by atoms with van der Waals surface area (Å²) in [4.78, 5) is 2.56. The zero-order valence-electron chi connectivity index (χ0n) is 33.3. The number of para-hydroxylation sites is 1. The molecule has 278 valence electrons. The lowest BCUT2D eigenvalue weighted by Crippen LogP contribution is -2.16. The molecule has 8 aromatic rings. The van der Waals surface area contributed by atoms with Gasteiger partial charge in [0, 0.05) is 22.2 Å². The van der Waals surface area contributed by atoms with E-state index in [0.717, 1.165) is 5.69 Å². The minimum atomic E-state index is -0.108. The molecule has 0 unspecified atom stereocenters. The highest BCUT2D eigenvalue weighted by Gasteiger charge is 2.38. The third-order valence-corrected chi connectivity index (χ3v) is 13.0. The smallest absolute Gasteiger partial charge is 0.0543 e. The summed E-state index contributed by atoms with van der Waals surface area (Å²) in [7, 11) is 0. The summed E-state index contributed by atoms with van der Waals surface area (Å²) in [6, 6.07) is 65.8. The maximum atomic E-state index is 2.56. The van der Waals surface area contributed by atoms with Gasteiger partial charge in [0.1, 0.15) is 0 Å². The Kier molecular flexibility index (Phi) is 8.90. The average Bonchev–Trinajstić information content (AvgIpc) is 3.50. The Bertz CT molecular complexity index is 2740. The van der Waals surface area contributed by atoms with E-state index in [9.17, 15) is 0 Å². The summed E-state index contributed by atoms with van der Waals surface area (Å²) in [5.74, 6) is 0.597. The average molecular weight is 736 g/mol. The third kappa shape index (κ3) is 6.09. The maximum absolute atomic E-state index is 2.56. The standard InChI is InChI=1S/C56H49N/c1-38-37-44(35-36-45(38)42-33-31-40(32-34-42)39-17-6-4-7-18-39)57(53-30-16-28-51-55(53)49-24-10-12-27-50(49)56(51,2)3)52-29-13-11-23-47(52)48-26-15-22-43-21-14-25-46(54(43)48)41-19-8-5-9-20-41/h4,6-7,10-18,21-37,41H,5,8-9,19-20H2,1-3H3. The number of benzene rings is 8. The van der Waals surface area contributed by atoms with Crippen molar-refractivity contribution in [1.29, 1.82) is 0 Å². The molecule has 0 spiro atoms. The molecule has 0 N–H and O–H groups in total. The first-order valence-electron chi connectivity index (χ1n) is 20.9. The first kappa shape index (κ1) is 35.2.